The van der Waals surface area contributed by atoms with Crippen molar-refractivity contribution in [1.82, 2.24) is 9.88 Å². The predicted octanol–water partition coefficient (Wildman–Crippen LogP) is 3.04. The Balaban J connectivity index is 1.24. The van der Waals surface area contributed by atoms with E-state index in [4.69, 9.17) is 9.47 Å². The van der Waals surface area contributed by atoms with Crippen LogP contribution in [0.2, 0.25) is 0 Å². The van der Waals surface area contributed by atoms with E-state index in [1.807, 2.05) is 53.4 Å². The van der Waals surface area contributed by atoms with E-state index < -0.39 is 0 Å². The average Bonchev–Trinajstić information content (AvgIpc) is 3.34. The number of hydrogen-bond acceptors (Lipinski definition) is 7. The van der Waals surface area contributed by atoms with Crippen molar-refractivity contribution in [2.24, 2.45) is 0 Å². The molecule has 0 unspecified atom stereocenters. The van der Waals surface area contributed by atoms with Crippen LogP contribution in [-0.4, -0.2) is 61.6 Å². The molecule has 0 saturated carbocycles. The number of carbonyl (C=O) groups excluding carboxylic acids is 2. The molecule has 1 aromatic heterocycles. The van der Waals surface area contributed by atoms with Crippen molar-refractivity contribution in [3.05, 3.63) is 64.6 Å². The van der Waals surface area contributed by atoms with Gasteiger partial charge in [0.05, 0.1) is 25.0 Å². The summed E-state index contributed by atoms with van der Waals surface area (Å²) in [5.74, 6) is 1.31. The highest BCUT2D eigenvalue weighted by Crippen LogP contribution is 2.33. The molecule has 3 heterocycles. The highest BCUT2D eigenvalue weighted by molar-refractivity contribution is 7.09. The smallest absolute Gasteiger partial charge is 0.273 e. The minimum absolute atomic E-state index is 0.00462. The minimum atomic E-state index is -0.121. The Kier molecular flexibility index (Phi) is 5.87. The second-order valence-electron chi connectivity index (χ2n) is 7.81. The van der Waals surface area contributed by atoms with E-state index in [-0.39, 0.29) is 18.4 Å². The van der Waals surface area contributed by atoms with Crippen LogP contribution in [0.1, 0.15) is 15.5 Å². The molecule has 1 fully saturated rings. The summed E-state index contributed by atoms with van der Waals surface area (Å²) in [6, 6.07) is 15.4. The van der Waals surface area contributed by atoms with E-state index in [1.165, 1.54) is 11.3 Å². The summed E-state index contributed by atoms with van der Waals surface area (Å²) in [5.41, 5.74) is 2.19. The van der Waals surface area contributed by atoms with Crippen LogP contribution in [0.25, 0.3) is 0 Å². The molecule has 0 bridgehead atoms. The quantitative estimate of drug-likeness (QED) is 0.578. The molecule has 9 heteroatoms. The molecule has 2 aliphatic rings. The van der Waals surface area contributed by atoms with Crippen molar-refractivity contribution in [2.75, 3.05) is 49.7 Å². The summed E-state index contributed by atoms with van der Waals surface area (Å²) < 4.78 is 11.0. The molecule has 2 aliphatic heterocycles. The number of piperazine rings is 1. The van der Waals surface area contributed by atoms with Gasteiger partial charge in [0, 0.05) is 31.6 Å². The number of anilines is 2. The normalized spacial score (nSPS) is 15.8. The van der Waals surface area contributed by atoms with Crippen LogP contribution in [0.5, 0.6) is 11.5 Å². The van der Waals surface area contributed by atoms with Gasteiger partial charge in [0.1, 0.15) is 22.2 Å². The molecule has 0 radical (unpaired) electrons. The Morgan fingerprint density at radius 2 is 1.79 bits per heavy atom. The van der Waals surface area contributed by atoms with E-state index in [0.29, 0.717) is 31.1 Å². The summed E-state index contributed by atoms with van der Waals surface area (Å²) in [4.78, 5) is 35.8. The van der Waals surface area contributed by atoms with Crippen molar-refractivity contribution in [3.8, 4) is 11.5 Å². The lowest BCUT2D eigenvalue weighted by molar-refractivity contribution is -0.121. The molecule has 0 spiro atoms. The highest BCUT2D eigenvalue weighted by Gasteiger charge is 2.28. The Labute approximate surface area is 196 Å². The molecule has 2 amide bonds. The number of benzene rings is 2. The first kappa shape index (κ1) is 21.3. The van der Waals surface area contributed by atoms with Crippen LogP contribution >= 0.6 is 11.3 Å². The second kappa shape index (κ2) is 9.11. The molecular formula is C24H24N4O4S. The molecular weight excluding hydrogens is 440 g/mol. The number of carbonyl (C=O) groups is 2. The maximum atomic E-state index is 13.1. The molecule has 1 saturated heterocycles. The fourth-order valence-electron chi connectivity index (χ4n) is 4.15. The minimum Gasteiger partial charge on any atom is -0.495 e. The fraction of sp³-hybridized carbons (Fsp3) is 0.292. The van der Waals surface area contributed by atoms with Gasteiger partial charge in [-0.05, 0) is 24.3 Å². The summed E-state index contributed by atoms with van der Waals surface area (Å²) in [6.07, 6.45) is 0. The molecule has 8 nitrogen and oxygen atoms in total. The van der Waals surface area contributed by atoms with Gasteiger partial charge in [-0.25, -0.2) is 4.98 Å². The number of rotatable bonds is 5. The van der Waals surface area contributed by atoms with E-state index >= 15 is 0 Å². The maximum Gasteiger partial charge on any atom is 0.273 e. The molecule has 170 valence electrons. The molecule has 33 heavy (non-hydrogen) atoms. The van der Waals surface area contributed by atoms with E-state index in [2.05, 4.69) is 9.88 Å². The third-order valence-corrected chi connectivity index (χ3v) is 6.70. The Morgan fingerprint density at radius 1 is 1.06 bits per heavy atom. The lowest BCUT2D eigenvalue weighted by atomic mass is 10.2. The zero-order chi connectivity index (χ0) is 22.8. The largest absolute Gasteiger partial charge is 0.495 e. The number of fused-ring (bicyclic) bond motifs is 1. The van der Waals surface area contributed by atoms with E-state index in [1.54, 1.807) is 17.4 Å². The molecule has 0 aliphatic carbocycles. The van der Waals surface area contributed by atoms with Crippen molar-refractivity contribution in [3.63, 3.8) is 0 Å². The van der Waals surface area contributed by atoms with E-state index in [0.717, 1.165) is 35.2 Å². The third kappa shape index (κ3) is 4.23. The number of ether oxygens (including phenoxy) is 2. The van der Waals surface area contributed by atoms with Gasteiger partial charge < -0.3 is 19.3 Å². The number of thiazole rings is 1. The Morgan fingerprint density at radius 3 is 2.58 bits per heavy atom. The zero-order valence-electron chi connectivity index (χ0n) is 18.3. The maximum absolute atomic E-state index is 13.1. The molecule has 3 aromatic rings. The van der Waals surface area contributed by atoms with Crippen LogP contribution in [0.4, 0.5) is 11.4 Å². The van der Waals surface area contributed by atoms with E-state index in [9.17, 15) is 9.59 Å². The summed E-state index contributed by atoms with van der Waals surface area (Å²) in [6.45, 7) is 2.99. The van der Waals surface area contributed by atoms with Crippen LogP contribution in [-0.2, 0) is 11.3 Å². The van der Waals surface area contributed by atoms with Gasteiger partial charge in [-0.1, -0.05) is 24.3 Å². The first-order chi connectivity index (χ1) is 16.1. The zero-order valence-corrected chi connectivity index (χ0v) is 19.1. The van der Waals surface area contributed by atoms with Crippen LogP contribution in [0.15, 0.2) is 53.9 Å². The summed E-state index contributed by atoms with van der Waals surface area (Å²) in [5, 5.41) is 2.50. The van der Waals surface area contributed by atoms with Crippen LogP contribution in [0.3, 0.4) is 0 Å². The van der Waals surface area contributed by atoms with Gasteiger partial charge in [-0.15, -0.1) is 11.3 Å². The van der Waals surface area contributed by atoms with Gasteiger partial charge in [0.25, 0.3) is 11.8 Å². The fourth-order valence-corrected chi connectivity index (χ4v) is 4.90. The third-order valence-electron chi connectivity index (χ3n) is 5.87. The first-order valence-electron chi connectivity index (χ1n) is 10.8. The van der Waals surface area contributed by atoms with Crippen molar-refractivity contribution < 1.29 is 19.1 Å². The number of amides is 2. The Hall–Kier alpha value is -3.59. The van der Waals surface area contributed by atoms with Gasteiger partial charge in [-0.2, -0.15) is 0 Å². The van der Waals surface area contributed by atoms with Gasteiger partial charge in [0.2, 0.25) is 0 Å². The predicted molar refractivity (Wildman–Crippen MR) is 126 cm³/mol. The summed E-state index contributed by atoms with van der Waals surface area (Å²) >= 11 is 1.39. The average molecular weight is 465 g/mol. The number of hydrogen-bond donors (Lipinski definition) is 0. The van der Waals surface area contributed by atoms with Gasteiger partial charge >= 0.3 is 0 Å². The van der Waals surface area contributed by atoms with Crippen molar-refractivity contribution >= 4 is 34.5 Å². The van der Waals surface area contributed by atoms with Gasteiger partial charge in [0.15, 0.2) is 6.61 Å². The monoisotopic (exact) mass is 464 g/mol. The molecule has 2 aromatic carbocycles. The summed E-state index contributed by atoms with van der Waals surface area (Å²) in [7, 11) is 1.67. The van der Waals surface area contributed by atoms with Crippen molar-refractivity contribution in [2.45, 2.75) is 6.54 Å². The van der Waals surface area contributed by atoms with Gasteiger partial charge in [-0.3, -0.25) is 14.5 Å². The Bertz CT molecular complexity index is 1170. The molecule has 0 N–H and O–H groups in total. The molecule has 0 atom stereocenters. The number of aromatic nitrogens is 1. The topological polar surface area (TPSA) is 75.2 Å². The lowest BCUT2D eigenvalue weighted by Crippen LogP contribution is -2.49. The lowest BCUT2D eigenvalue weighted by Gasteiger charge is -2.36. The number of nitrogens with zero attached hydrogens (tertiary/aromatic N) is 4. The number of para-hydroxylation sites is 4. The number of methoxy groups -OCH3 is 1. The van der Waals surface area contributed by atoms with Crippen molar-refractivity contribution in [1.29, 1.82) is 0 Å². The first-order valence-corrected chi connectivity index (χ1v) is 11.7. The van der Waals surface area contributed by atoms with Crippen LogP contribution < -0.4 is 19.3 Å². The highest BCUT2D eigenvalue weighted by atomic mass is 32.1. The van der Waals surface area contributed by atoms with Crippen LogP contribution in [0, 0.1) is 0 Å². The second-order valence-corrected chi connectivity index (χ2v) is 8.76. The molecule has 5 rings (SSSR count). The SMILES string of the molecule is COc1ccccc1N1CCN(C(=O)c2csc(CN3C(=O)COc4ccccc43)n2)CC1. The standard InChI is InChI=1S/C24H24N4O4S/c1-31-20-8-4-2-6-18(20)26-10-12-27(13-11-26)24(30)17-16-33-22(25-17)14-28-19-7-3-5-9-21(19)32-15-23(28)29/h2-9,16H,10-15H2,1H3.